The molecule has 1 N–H and O–H groups in total. The molecule has 1 aliphatic rings. The second-order valence-electron chi connectivity index (χ2n) is 5.93. The summed E-state index contributed by atoms with van der Waals surface area (Å²) < 4.78 is 12.8. The summed E-state index contributed by atoms with van der Waals surface area (Å²) in [5.41, 5.74) is 1.33. The Labute approximate surface area is 160 Å². The molecule has 1 aromatic carbocycles. The minimum atomic E-state index is -0.184. The largest absolute Gasteiger partial charge is 0.489 e. The number of benzene rings is 1. The molecule has 0 fully saturated rings. The third-order valence-electron chi connectivity index (χ3n) is 3.91. The van der Waals surface area contributed by atoms with Crippen molar-refractivity contribution in [1.29, 1.82) is 0 Å². The maximum atomic E-state index is 12.4. The second-order valence-corrected chi connectivity index (χ2v) is 6.33. The lowest BCUT2D eigenvalue weighted by atomic mass is 10.1. The molecule has 0 saturated carbocycles. The number of carbonyl (C=O) groups excluding carboxylic acids is 1. The second kappa shape index (κ2) is 7.63. The summed E-state index contributed by atoms with van der Waals surface area (Å²) in [6.07, 6.45) is 5.49. The molecule has 3 heterocycles. The van der Waals surface area contributed by atoms with Crippen LogP contribution in [0, 0.1) is 0 Å². The standard InChI is InChI=1S/C18H16ClN5O3/c19-14-6-12(7-15-18(14)27-5-1-4-26-15)8-17(25)23-13-2-3-16(21-9-13)24-11-20-10-22-24/h2-3,6-7,9-11H,1,4-5,8H2,(H,23,25). The summed E-state index contributed by atoms with van der Waals surface area (Å²) in [5, 5.41) is 7.26. The van der Waals surface area contributed by atoms with Crippen molar-refractivity contribution < 1.29 is 14.3 Å². The van der Waals surface area contributed by atoms with E-state index >= 15 is 0 Å². The summed E-state index contributed by atoms with van der Waals surface area (Å²) in [6.45, 7) is 1.12. The Balaban J connectivity index is 1.43. The molecule has 3 aromatic rings. The van der Waals surface area contributed by atoms with Crippen molar-refractivity contribution in [3.63, 3.8) is 0 Å². The number of amides is 1. The van der Waals surface area contributed by atoms with Crippen LogP contribution in [-0.2, 0) is 11.2 Å². The van der Waals surface area contributed by atoms with E-state index in [9.17, 15) is 4.79 Å². The first-order valence-corrected chi connectivity index (χ1v) is 8.76. The molecule has 0 aliphatic carbocycles. The highest BCUT2D eigenvalue weighted by atomic mass is 35.5. The topological polar surface area (TPSA) is 91.2 Å². The maximum Gasteiger partial charge on any atom is 0.228 e. The van der Waals surface area contributed by atoms with E-state index in [2.05, 4.69) is 20.4 Å². The van der Waals surface area contributed by atoms with Gasteiger partial charge in [-0.15, -0.1) is 0 Å². The van der Waals surface area contributed by atoms with Gasteiger partial charge < -0.3 is 14.8 Å². The van der Waals surface area contributed by atoms with Crippen molar-refractivity contribution in [1.82, 2.24) is 19.7 Å². The van der Waals surface area contributed by atoms with Crippen molar-refractivity contribution in [2.24, 2.45) is 0 Å². The van der Waals surface area contributed by atoms with Gasteiger partial charge in [0.15, 0.2) is 17.3 Å². The molecule has 0 bridgehead atoms. The Morgan fingerprint density at radius 2 is 2.15 bits per heavy atom. The van der Waals surface area contributed by atoms with Gasteiger partial charge >= 0.3 is 0 Å². The molecule has 4 rings (SSSR count). The molecule has 9 heteroatoms. The summed E-state index contributed by atoms with van der Waals surface area (Å²) in [5.74, 6) is 1.53. The molecule has 0 unspecified atom stereocenters. The molecule has 27 heavy (non-hydrogen) atoms. The van der Waals surface area contributed by atoms with Crippen LogP contribution in [-0.4, -0.2) is 38.9 Å². The van der Waals surface area contributed by atoms with Gasteiger partial charge in [-0.3, -0.25) is 4.79 Å². The molecule has 1 aliphatic heterocycles. The lowest BCUT2D eigenvalue weighted by Gasteiger charge is -2.12. The van der Waals surface area contributed by atoms with E-state index in [0.717, 1.165) is 12.0 Å². The average molecular weight is 386 g/mol. The van der Waals surface area contributed by atoms with Gasteiger partial charge in [0, 0.05) is 6.42 Å². The fourth-order valence-electron chi connectivity index (χ4n) is 2.70. The van der Waals surface area contributed by atoms with Gasteiger partial charge in [0.2, 0.25) is 5.91 Å². The highest BCUT2D eigenvalue weighted by Crippen LogP contribution is 2.38. The number of fused-ring (bicyclic) bond motifs is 1. The van der Waals surface area contributed by atoms with Crippen molar-refractivity contribution >= 4 is 23.2 Å². The van der Waals surface area contributed by atoms with Gasteiger partial charge in [-0.05, 0) is 29.8 Å². The van der Waals surface area contributed by atoms with Crippen LogP contribution in [0.25, 0.3) is 5.82 Å². The minimum absolute atomic E-state index is 0.154. The number of hydrogen-bond acceptors (Lipinski definition) is 6. The summed E-state index contributed by atoms with van der Waals surface area (Å²) in [4.78, 5) is 20.5. The zero-order valence-electron chi connectivity index (χ0n) is 14.3. The van der Waals surface area contributed by atoms with E-state index in [1.807, 2.05) is 0 Å². The van der Waals surface area contributed by atoms with Crippen molar-refractivity contribution in [3.8, 4) is 17.3 Å². The summed E-state index contributed by atoms with van der Waals surface area (Å²) in [7, 11) is 0. The highest BCUT2D eigenvalue weighted by molar-refractivity contribution is 6.32. The zero-order chi connectivity index (χ0) is 18.6. The van der Waals surface area contributed by atoms with Crippen molar-refractivity contribution in [3.05, 3.63) is 53.7 Å². The number of aromatic nitrogens is 4. The van der Waals surface area contributed by atoms with E-state index in [1.54, 1.807) is 36.8 Å². The van der Waals surface area contributed by atoms with E-state index in [-0.39, 0.29) is 12.3 Å². The molecular weight excluding hydrogens is 370 g/mol. The third-order valence-corrected chi connectivity index (χ3v) is 4.19. The van der Waals surface area contributed by atoms with Gasteiger partial charge in [-0.1, -0.05) is 11.6 Å². The number of nitrogens with one attached hydrogen (secondary N) is 1. The lowest BCUT2D eigenvalue weighted by Crippen LogP contribution is -2.15. The summed E-state index contributed by atoms with van der Waals surface area (Å²) in [6, 6.07) is 7.01. The van der Waals surface area contributed by atoms with E-state index < -0.39 is 0 Å². The van der Waals surface area contributed by atoms with Crippen LogP contribution >= 0.6 is 11.6 Å². The SMILES string of the molecule is O=C(Cc1cc(Cl)c2c(c1)OCCCO2)Nc1ccc(-n2cncn2)nc1. The number of nitrogens with zero attached hydrogens (tertiary/aromatic N) is 4. The quantitative estimate of drug-likeness (QED) is 0.742. The fraction of sp³-hybridized carbons (Fsp3) is 0.222. The van der Waals surface area contributed by atoms with Gasteiger partial charge in [0.1, 0.15) is 12.7 Å². The van der Waals surface area contributed by atoms with E-state index in [1.165, 1.54) is 11.0 Å². The molecule has 138 valence electrons. The first kappa shape index (κ1) is 17.3. The number of anilines is 1. The fourth-order valence-corrected chi connectivity index (χ4v) is 2.99. The molecule has 0 saturated heterocycles. The van der Waals surface area contributed by atoms with E-state index in [0.29, 0.717) is 41.2 Å². The van der Waals surface area contributed by atoms with Crippen LogP contribution in [0.15, 0.2) is 43.1 Å². The first-order chi connectivity index (χ1) is 13.2. The number of carbonyl (C=O) groups is 1. The number of halogens is 1. The van der Waals surface area contributed by atoms with Crippen LogP contribution < -0.4 is 14.8 Å². The van der Waals surface area contributed by atoms with Crippen LogP contribution in [0.1, 0.15) is 12.0 Å². The van der Waals surface area contributed by atoms with Crippen molar-refractivity contribution in [2.75, 3.05) is 18.5 Å². The zero-order valence-corrected chi connectivity index (χ0v) is 15.0. The molecule has 1 amide bonds. The number of ether oxygens (including phenoxy) is 2. The third kappa shape index (κ3) is 4.01. The Morgan fingerprint density at radius 1 is 1.26 bits per heavy atom. The Bertz CT molecular complexity index is 944. The van der Waals surface area contributed by atoms with Crippen LogP contribution in [0.3, 0.4) is 0 Å². The molecule has 0 radical (unpaired) electrons. The number of pyridine rings is 1. The van der Waals surface area contributed by atoms with Crippen molar-refractivity contribution in [2.45, 2.75) is 12.8 Å². The molecule has 0 atom stereocenters. The van der Waals surface area contributed by atoms with Gasteiger partial charge in [0.05, 0.1) is 36.5 Å². The lowest BCUT2D eigenvalue weighted by molar-refractivity contribution is -0.115. The van der Waals surface area contributed by atoms with Gasteiger partial charge in [0.25, 0.3) is 0 Å². The van der Waals surface area contributed by atoms with Crippen LogP contribution in [0.5, 0.6) is 11.5 Å². The number of hydrogen-bond donors (Lipinski definition) is 1. The Morgan fingerprint density at radius 3 is 2.93 bits per heavy atom. The monoisotopic (exact) mass is 385 g/mol. The Kier molecular flexibility index (Phi) is 4.88. The summed E-state index contributed by atoms with van der Waals surface area (Å²) >= 11 is 6.27. The number of rotatable bonds is 4. The average Bonchev–Trinajstić information content (AvgIpc) is 3.08. The van der Waals surface area contributed by atoms with Crippen LogP contribution in [0.4, 0.5) is 5.69 Å². The normalized spacial score (nSPS) is 13.1. The minimum Gasteiger partial charge on any atom is -0.489 e. The van der Waals surface area contributed by atoms with Gasteiger partial charge in [-0.2, -0.15) is 5.10 Å². The highest BCUT2D eigenvalue weighted by Gasteiger charge is 2.17. The molecule has 0 spiro atoms. The van der Waals surface area contributed by atoms with E-state index in [4.69, 9.17) is 21.1 Å². The maximum absolute atomic E-state index is 12.4. The predicted octanol–water partition coefficient (Wildman–Crippen LogP) is 2.66. The van der Waals surface area contributed by atoms with Gasteiger partial charge in [-0.25, -0.2) is 14.6 Å². The Hall–Kier alpha value is -3.13. The van der Waals surface area contributed by atoms with Crippen LogP contribution in [0.2, 0.25) is 5.02 Å². The molecule has 2 aromatic heterocycles. The molecular formula is C18H16ClN5O3. The predicted molar refractivity (Wildman–Crippen MR) is 98.5 cm³/mol. The first-order valence-electron chi connectivity index (χ1n) is 8.38. The molecule has 8 nitrogen and oxygen atoms in total. The smallest absolute Gasteiger partial charge is 0.228 e.